The van der Waals surface area contributed by atoms with Crippen LogP contribution in [0.4, 0.5) is 4.39 Å². The van der Waals surface area contributed by atoms with E-state index in [0.29, 0.717) is 25.7 Å². The van der Waals surface area contributed by atoms with Gasteiger partial charge in [-0.25, -0.2) is 9.18 Å². The molecule has 6 fully saturated rings. The summed E-state index contributed by atoms with van der Waals surface area (Å²) in [4.78, 5) is 39.7. The summed E-state index contributed by atoms with van der Waals surface area (Å²) in [6.45, 7) is 9.35. The van der Waals surface area contributed by atoms with Crippen LogP contribution in [0.1, 0.15) is 56.8 Å². The highest BCUT2D eigenvalue weighted by Gasteiger charge is 2.88. The summed E-state index contributed by atoms with van der Waals surface area (Å²) in [5, 5.41) is 24.2. The van der Waals surface area contributed by atoms with Gasteiger partial charge in [-0.15, -0.1) is 0 Å². The molecule has 2 N–H and O–H groups in total. The number of hydrogen-bond donors (Lipinski definition) is 2. The minimum Gasteiger partial charge on any atom is -0.462 e. The summed E-state index contributed by atoms with van der Waals surface area (Å²) in [6.07, 6.45) is -1.26. The van der Waals surface area contributed by atoms with Crippen LogP contribution in [0.25, 0.3) is 0 Å². The van der Waals surface area contributed by atoms with Crippen LogP contribution < -0.4 is 0 Å². The Morgan fingerprint density at radius 2 is 1.82 bits per heavy atom. The Morgan fingerprint density at radius 1 is 1.13 bits per heavy atom. The largest absolute Gasteiger partial charge is 0.462 e. The Kier molecular flexibility index (Phi) is 5.37. The van der Waals surface area contributed by atoms with Crippen molar-refractivity contribution in [3.8, 4) is 0 Å². The van der Waals surface area contributed by atoms with Crippen molar-refractivity contribution in [1.29, 1.82) is 0 Å². The minimum atomic E-state index is -2.34. The predicted molar refractivity (Wildman–Crippen MR) is 130 cm³/mol. The third-order valence-corrected chi connectivity index (χ3v) is 10.4. The molecule has 1 aromatic rings. The lowest BCUT2D eigenvalue weighted by atomic mass is 9.35. The number of rotatable bonds is 3. The highest BCUT2D eigenvalue weighted by atomic mass is 19.1. The molecule has 8 nitrogen and oxygen atoms in total. The first-order valence-corrected chi connectivity index (χ1v) is 13.2. The number of Topliss-reactive ketones (excluding diaryl/α,β-unsaturated/α-hetero) is 1. The molecule has 38 heavy (non-hydrogen) atoms. The van der Waals surface area contributed by atoms with Crippen LogP contribution in [0.15, 0.2) is 36.4 Å². The fraction of sp³-hybridized carbons (Fsp3) is 0.621. The predicted octanol–water partition coefficient (Wildman–Crippen LogP) is 2.95. The Balaban J connectivity index is 1.53. The first kappa shape index (κ1) is 25.6. The van der Waals surface area contributed by atoms with Crippen LogP contribution in [0, 0.1) is 39.8 Å². The second-order valence-corrected chi connectivity index (χ2v) is 12.4. The number of aliphatic hydroxyl groups excluding tert-OH is 1. The maximum Gasteiger partial charge on any atom is 0.338 e. The van der Waals surface area contributed by atoms with Gasteiger partial charge in [0, 0.05) is 24.2 Å². The molecule has 4 saturated carbocycles. The molecular weight excluding hydrogens is 495 g/mol. The lowest BCUT2D eigenvalue weighted by Gasteiger charge is -2.74. The topological polar surface area (TPSA) is 119 Å². The zero-order valence-electron chi connectivity index (χ0n) is 21.7. The minimum absolute atomic E-state index is 0.0118. The average Bonchev–Trinajstić information content (AvgIpc) is 2.97. The SMILES string of the molecule is C=C1C(=O)[C@@]23C(CC[C@@H]1[C@H]2OC(=O)c1ccc(F)cc1)[C@@]12COC3(O)[C@@H](O)[C@@H]1C(C)(C)CC[C@@H]2OC(C)=O. The number of benzene rings is 1. The van der Waals surface area contributed by atoms with Crippen molar-refractivity contribution in [3.63, 3.8) is 0 Å². The van der Waals surface area contributed by atoms with Crippen LogP contribution in [0.2, 0.25) is 0 Å². The Bertz CT molecular complexity index is 1240. The van der Waals surface area contributed by atoms with Crippen LogP contribution in [0.3, 0.4) is 0 Å². The maximum atomic E-state index is 14.2. The molecule has 2 unspecified atom stereocenters. The van der Waals surface area contributed by atoms with Gasteiger partial charge >= 0.3 is 11.9 Å². The zero-order valence-corrected chi connectivity index (χ0v) is 21.7. The van der Waals surface area contributed by atoms with E-state index in [1.54, 1.807) is 0 Å². The van der Waals surface area contributed by atoms with Crippen molar-refractivity contribution < 1.29 is 43.2 Å². The van der Waals surface area contributed by atoms with Gasteiger partial charge in [0.1, 0.15) is 29.5 Å². The molecule has 1 aromatic carbocycles. The van der Waals surface area contributed by atoms with E-state index in [2.05, 4.69) is 6.58 Å². The number of carbonyl (C=O) groups excluding carboxylic acids is 3. The van der Waals surface area contributed by atoms with E-state index in [9.17, 15) is 29.0 Å². The molecule has 4 aliphatic carbocycles. The highest BCUT2D eigenvalue weighted by Crippen LogP contribution is 2.77. The van der Waals surface area contributed by atoms with E-state index in [1.807, 2.05) is 13.8 Å². The van der Waals surface area contributed by atoms with Gasteiger partial charge in [0.2, 0.25) is 5.79 Å². The Hall–Kier alpha value is -2.62. The molecule has 9 heteroatoms. The van der Waals surface area contributed by atoms with Gasteiger partial charge in [0.05, 0.1) is 12.2 Å². The lowest BCUT2D eigenvalue weighted by molar-refractivity contribution is -0.457. The van der Waals surface area contributed by atoms with Gasteiger partial charge in [0.15, 0.2) is 5.78 Å². The van der Waals surface area contributed by atoms with E-state index in [1.165, 1.54) is 19.1 Å². The fourth-order valence-electron chi connectivity index (χ4n) is 9.15. The number of ketones is 1. The van der Waals surface area contributed by atoms with E-state index in [-0.39, 0.29) is 17.7 Å². The molecule has 0 amide bonds. The number of ether oxygens (including phenoxy) is 3. The highest BCUT2D eigenvalue weighted by molar-refractivity contribution is 6.05. The van der Waals surface area contributed by atoms with E-state index >= 15 is 0 Å². The third kappa shape index (κ3) is 2.87. The van der Waals surface area contributed by atoms with Crippen molar-refractivity contribution in [2.45, 2.75) is 70.6 Å². The zero-order chi connectivity index (χ0) is 27.4. The molecule has 7 rings (SSSR count). The molecule has 9 atom stereocenters. The quantitative estimate of drug-likeness (QED) is 0.454. The molecule has 0 aromatic heterocycles. The van der Waals surface area contributed by atoms with Crippen molar-refractivity contribution in [2.75, 3.05) is 6.61 Å². The second-order valence-electron chi connectivity index (χ2n) is 12.4. The Morgan fingerprint density at radius 3 is 2.47 bits per heavy atom. The smallest absolute Gasteiger partial charge is 0.338 e. The summed E-state index contributed by atoms with van der Waals surface area (Å²) in [6, 6.07) is 4.85. The molecule has 2 saturated heterocycles. The van der Waals surface area contributed by atoms with Gasteiger partial charge in [-0.1, -0.05) is 20.4 Å². The number of hydrogen-bond acceptors (Lipinski definition) is 8. The number of aliphatic hydroxyl groups is 2. The molecule has 2 spiro atoms. The van der Waals surface area contributed by atoms with Gasteiger partial charge in [-0.3, -0.25) is 9.59 Å². The molecule has 2 heterocycles. The summed E-state index contributed by atoms with van der Waals surface area (Å²) in [7, 11) is 0. The van der Waals surface area contributed by atoms with E-state index < -0.39 is 81.6 Å². The number of esters is 2. The van der Waals surface area contributed by atoms with E-state index in [4.69, 9.17) is 14.2 Å². The molecule has 0 radical (unpaired) electrons. The molecule has 204 valence electrons. The third-order valence-electron chi connectivity index (χ3n) is 10.4. The first-order chi connectivity index (χ1) is 17.8. The lowest BCUT2D eigenvalue weighted by Crippen LogP contribution is -2.86. The normalized spacial score (nSPS) is 44.3. The fourth-order valence-corrected chi connectivity index (χ4v) is 9.15. The summed E-state index contributed by atoms with van der Waals surface area (Å²) in [5.74, 6) is -6.35. The standard InChI is InChI=1S/C29H33FO8/c1-14-18-9-10-19-27-13-36-29(35,23(33)21(27)26(3,4)12-11-20(27)37-15(2)31)28(19,22(14)32)24(18)38-25(34)16-5-7-17(30)8-6-16/h5-8,18-21,23-24,33,35H,1,9-13H2,2-4H3/t18-,19?,20-,21+,23-,24+,27+,28-,29?/m0/s1. The van der Waals surface area contributed by atoms with Crippen molar-refractivity contribution in [1.82, 2.24) is 0 Å². The van der Waals surface area contributed by atoms with Gasteiger partial charge in [0.25, 0.3) is 0 Å². The monoisotopic (exact) mass is 528 g/mol. The van der Waals surface area contributed by atoms with Crippen molar-refractivity contribution in [3.05, 3.63) is 47.8 Å². The first-order valence-electron chi connectivity index (χ1n) is 13.2. The van der Waals surface area contributed by atoms with Crippen molar-refractivity contribution >= 4 is 17.7 Å². The van der Waals surface area contributed by atoms with Gasteiger partial charge < -0.3 is 24.4 Å². The average molecular weight is 529 g/mol. The van der Waals surface area contributed by atoms with Crippen LogP contribution in [-0.4, -0.2) is 58.6 Å². The van der Waals surface area contributed by atoms with Crippen molar-refractivity contribution in [2.24, 2.45) is 34.0 Å². The maximum absolute atomic E-state index is 14.2. The van der Waals surface area contributed by atoms with Crippen LogP contribution >= 0.6 is 0 Å². The molecule has 6 aliphatic rings. The summed E-state index contributed by atoms with van der Waals surface area (Å²) >= 11 is 0. The Labute approximate surface area is 220 Å². The number of halogens is 1. The van der Waals surface area contributed by atoms with Gasteiger partial charge in [-0.05, 0) is 66.9 Å². The second kappa shape index (κ2) is 7.96. The van der Waals surface area contributed by atoms with Gasteiger partial charge in [-0.2, -0.15) is 0 Å². The summed E-state index contributed by atoms with van der Waals surface area (Å²) in [5.41, 5.74) is -2.99. The van der Waals surface area contributed by atoms with E-state index in [0.717, 1.165) is 12.1 Å². The molecular formula is C29H33FO8. The molecule has 2 aliphatic heterocycles. The molecule has 4 bridgehead atoms. The number of fused-ring (bicyclic) bond motifs is 2. The van der Waals surface area contributed by atoms with Crippen LogP contribution in [-0.2, 0) is 23.8 Å². The summed E-state index contributed by atoms with van der Waals surface area (Å²) < 4.78 is 31.5. The number of carbonyl (C=O) groups is 3. The van der Waals surface area contributed by atoms with Crippen LogP contribution in [0.5, 0.6) is 0 Å².